The highest BCUT2D eigenvalue weighted by Gasteiger charge is 2.22. The Morgan fingerprint density at radius 1 is 1.47 bits per heavy atom. The number of amides is 1. The van der Waals surface area contributed by atoms with E-state index < -0.39 is 0 Å². The van der Waals surface area contributed by atoms with Crippen molar-refractivity contribution in [2.24, 2.45) is 5.92 Å². The Morgan fingerprint density at radius 3 is 2.60 bits per heavy atom. The second-order valence-electron chi connectivity index (χ2n) is 5.09. The van der Waals surface area contributed by atoms with Crippen LogP contribution in [0, 0.1) is 5.92 Å². The van der Waals surface area contributed by atoms with Gasteiger partial charge in [0.05, 0.1) is 6.54 Å². The molecule has 1 aliphatic rings. The maximum Gasteiger partial charge on any atom is 0.236 e. The highest BCUT2D eigenvalue weighted by atomic mass is 16.2. The van der Waals surface area contributed by atoms with Crippen molar-refractivity contribution in [3.05, 3.63) is 0 Å². The molecule has 3 heteroatoms. The lowest BCUT2D eigenvalue weighted by atomic mass is 10.1. The summed E-state index contributed by atoms with van der Waals surface area (Å²) in [6, 6.07) is 0.853. The third-order valence-corrected chi connectivity index (χ3v) is 3.40. The Bertz CT molecular complexity index is 216. The number of likely N-dealkylation sites (N-methyl/N-ethyl adjacent to an activating group) is 1. The van der Waals surface area contributed by atoms with E-state index in [9.17, 15) is 4.79 Å². The summed E-state index contributed by atoms with van der Waals surface area (Å²) in [5, 5.41) is 3.36. The van der Waals surface area contributed by atoms with Crippen LogP contribution in [0.3, 0.4) is 0 Å². The van der Waals surface area contributed by atoms with Crippen LogP contribution in [-0.4, -0.2) is 36.5 Å². The average molecular weight is 212 g/mol. The van der Waals surface area contributed by atoms with E-state index in [1.165, 1.54) is 19.3 Å². The molecule has 0 aromatic carbocycles. The molecule has 0 heterocycles. The van der Waals surface area contributed by atoms with Gasteiger partial charge in [0.25, 0.3) is 0 Å². The molecule has 3 nitrogen and oxygen atoms in total. The highest BCUT2D eigenvalue weighted by Crippen LogP contribution is 2.24. The molecule has 1 N–H and O–H groups in total. The molecule has 1 rings (SSSR count). The maximum absolute atomic E-state index is 11.7. The van der Waals surface area contributed by atoms with Crippen LogP contribution in [-0.2, 0) is 4.79 Å². The fourth-order valence-electron chi connectivity index (χ4n) is 2.04. The van der Waals surface area contributed by atoms with Gasteiger partial charge in [0.2, 0.25) is 5.91 Å². The number of hydrogen-bond acceptors (Lipinski definition) is 2. The molecule has 0 aromatic rings. The molecule has 0 spiro atoms. The van der Waals surface area contributed by atoms with Gasteiger partial charge < -0.3 is 10.2 Å². The lowest BCUT2D eigenvalue weighted by Crippen LogP contribution is -2.42. The van der Waals surface area contributed by atoms with Gasteiger partial charge in [-0.2, -0.15) is 0 Å². The molecule has 0 saturated heterocycles. The van der Waals surface area contributed by atoms with Gasteiger partial charge in [0.1, 0.15) is 0 Å². The molecule has 88 valence electrons. The van der Waals surface area contributed by atoms with Gasteiger partial charge >= 0.3 is 0 Å². The van der Waals surface area contributed by atoms with E-state index >= 15 is 0 Å². The number of nitrogens with one attached hydrogen (secondary N) is 1. The van der Waals surface area contributed by atoms with Crippen molar-refractivity contribution in [2.45, 2.75) is 52.1 Å². The van der Waals surface area contributed by atoms with Crippen molar-refractivity contribution >= 4 is 5.91 Å². The van der Waals surface area contributed by atoms with Crippen LogP contribution in [0.5, 0.6) is 0 Å². The van der Waals surface area contributed by atoms with Crippen LogP contribution in [0.15, 0.2) is 0 Å². The SMILES string of the molecule is CC1CCC(NCC(=O)N(C)C(C)C)C1. The number of rotatable bonds is 4. The molecule has 2 unspecified atom stereocenters. The predicted molar refractivity (Wildman–Crippen MR) is 62.7 cm³/mol. The summed E-state index contributed by atoms with van der Waals surface area (Å²) in [4.78, 5) is 13.5. The van der Waals surface area contributed by atoms with E-state index in [4.69, 9.17) is 0 Å². The summed E-state index contributed by atoms with van der Waals surface area (Å²) in [6.45, 7) is 6.85. The van der Waals surface area contributed by atoms with Gasteiger partial charge in [-0.3, -0.25) is 4.79 Å². The number of carbonyl (C=O) groups excluding carboxylic acids is 1. The molecule has 1 amide bonds. The van der Waals surface area contributed by atoms with E-state index in [0.29, 0.717) is 18.6 Å². The van der Waals surface area contributed by atoms with Gasteiger partial charge in [0, 0.05) is 19.1 Å². The molecule has 0 bridgehead atoms. The Kier molecular flexibility index (Phi) is 4.58. The van der Waals surface area contributed by atoms with Crippen LogP contribution in [0.1, 0.15) is 40.0 Å². The zero-order valence-electron chi connectivity index (χ0n) is 10.4. The topological polar surface area (TPSA) is 32.3 Å². The molecule has 2 atom stereocenters. The first-order chi connectivity index (χ1) is 7.00. The Hall–Kier alpha value is -0.570. The first kappa shape index (κ1) is 12.5. The van der Waals surface area contributed by atoms with Crippen molar-refractivity contribution in [3.63, 3.8) is 0 Å². The quantitative estimate of drug-likeness (QED) is 0.768. The van der Waals surface area contributed by atoms with E-state index in [0.717, 1.165) is 5.92 Å². The fourth-order valence-corrected chi connectivity index (χ4v) is 2.04. The van der Waals surface area contributed by atoms with E-state index in [1.54, 1.807) is 4.90 Å². The van der Waals surface area contributed by atoms with Crippen molar-refractivity contribution in [2.75, 3.05) is 13.6 Å². The lowest BCUT2D eigenvalue weighted by Gasteiger charge is -2.22. The second kappa shape index (κ2) is 5.50. The van der Waals surface area contributed by atoms with Gasteiger partial charge in [0.15, 0.2) is 0 Å². The number of nitrogens with zero attached hydrogens (tertiary/aromatic N) is 1. The summed E-state index contributed by atoms with van der Waals surface area (Å²) in [5.41, 5.74) is 0. The Morgan fingerprint density at radius 2 is 2.13 bits per heavy atom. The average Bonchev–Trinajstić information content (AvgIpc) is 2.59. The molecule has 1 aliphatic carbocycles. The zero-order valence-corrected chi connectivity index (χ0v) is 10.4. The molecular formula is C12H24N2O. The van der Waals surface area contributed by atoms with Crippen LogP contribution >= 0.6 is 0 Å². The fraction of sp³-hybridized carbons (Fsp3) is 0.917. The van der Waals surface area contributed by atoms with Crippen molar-refractivity contribution < 1.29 is 4.79 Å². The van der Waals surface area contributed by atoms with Gasteiger partial charge in [-0.1, -0.05) is 6.92 Å². The van der Waals surface area contributed by atoms with Crippen LogP contribution in [0.2, 0.25) is 0 Å². The number of carbonyl (C=O) groups is 1. The first-order valence-electron chi connectivity index (χ1n) is 5.99. The van der Waals surface area contributed by atoms with Gasteiger partial charge in [-0.25, -0.2) is 0 Å². The van der Waals surface area contributed by atoms with Crippen LogP contribution in [0.25, 0.3) is 0 Å². The van der Waals surface area contributed by atoms with Crippen LogP contribution in [0.4, 0.5) is 0 Å². The van der Waals surface area contributed by atoms with Gasteiger partial charge in [-0.05, 0) is 39.0 Å². The molecule has 0 radical (unpaired) electrons. The summed E-state index contributed by atoms with van der Waals surface area (Å²) in [6.07, 6.45) is 3.74. The Balaban J connectivity index is 2.22. The minimum Gasteiger partial charge on any atom is -0.342 e. The number of hydrogen-bond donors (Lipinski definition) is 1. The van der Waals surface area contributed by atoms with E-state index in [-0.39, 0.29) is 5.91 Å². The lowest BCUT2D eigenvalue weighted by molar-refractivity contribution is -0.130. The smallest absolute Gasteiger partial charge is 0.236 e. The molecular weight excluding hydrogens is 188 g/mol. The largest absolute Gasteiger partial charge is 0.342 e. The van der Waals surface area contributed by atoms with Crippen molar-refractivity contribution in [3.8, 4) is 0 Å². The normalized spacial score (nSPS) is 25.9. The van der Waals surface area contributed by atoms with E-state index in [1.807, 2.05) is 20.9 Å². The molecule has 1 fully saturated rings. The minimum atomic E-state index is 0.199. The summed E-state index contributed by atoms with van der Waals surface area (Å²) < 4.78 is 0. The summed E-state index contributed by atoms with van der Waals surface area (Å²) in [7, 11) is 1.87. The minimum absolute atomic E-state index is 0.199. The molecule has 0 aliphatic heterocycles. The maximum atomic E-state index is 11.7. The molecule has 15 heavy (non-hydrogen) atoms. The summed E-state index contributed by atoms with van der Waals surface area (Å²) in [5.74, 6) is 1.02. The molecule has 0 aromatic heterocycles. The zero-order chi connectivity index (χ0) is 11.4. The third-order valence-electron chi connectivity index (χ3n) is 3.40. The predicted octanol–water partition coefficient (Wildman–Crippen LogP) is 1.63. The molecule has 1 saturated carbocycles. The summed E-state index contributed by atoms with van der Waals surface area (Å²) >= 11 is 0. The van der Waals surface area contributed by atoms with Crippen molar-refractivity contribution in [1.82, 2.24) is 10.2 Å². The standard InChI is InChI=1S/C12H24N2O/c1-9(2)14(4)12(15)8-13-11-6-5-10(3)7-11/h9-11,13H,5-8H2,1-4H3. The highest BCUT2D eigenvalue weighted by molar-refractivity contribution is 5.78. The van der Waals surface area contributed by atoms with Crippen molar-refractivity contribution in [1.29, 1.82) is 0 Å². The monoisotopic (exact) mass is 212 g/mol. The second-order valence-corrected chi connectivity index (χ2v) is 5.09. The van der Waals surface area contributed by atoms with Gasteiger partial charge in [-0.15, -0.1) is 0 Å². The first-order valence-corrected chi connectivity index (χ1v) is 5.99. The van der Waals surface area contributed by atoms with E-state index in [2.05, 4.69) is 12.2 Å². The van der Waals surface area contributed by atoms with Crippen LogP contribution < -0.4 is 5.32 Å². The Labute approximate surface area is 93.2 Å². The third kappa shape index (κ3) is 3.82.